The highest BCUT2D eigenvalue weighted by molar-refractivity contribution is 7.10. The maximum absolute atomic E-state index is 13.6. The highest BCUT2D eigenvalue weighted by Gasteiger charge is 2.33. The summed E-state index contributed by atoms with van der Waals surface area (Å²) in [5.41, 5.74) is 4.56. The third kappa shape index (κ3) is 6.64. The number of amides is 1. The summed E-state index contributed by atoms with van der Waals surface area (Å²) in [6, 6.07) is 18.1. The number of aliphatic hydroxyl groups excluding tert-OH is 1. The second-order valence-corrected chi connectivity index (χ2v) is 10.6. The molecule has 2 atom stereocenters. The van der Waals surface area contributed by atoms with Crippen molar-refractivity contribution in [1.82, 2.24) is 9.80 Å². The van der Waals surface area contributed by atoms with Crippen molar-refractivity contribution in [2.24, 2.45) is 0 Å². The lowest BCUT2D eigenvalue weighted by Gasteiger charge is -2.37. The van der Waals surface area contributed by atoms with Gasteiger partial charge in [-0.2, -0.15) is 0 Å². The quantitative estimate of drug-likeness (QED) is 0.375. The van der Waals surface area contributed by atoms with Gasteiger partial charge >= 0.3 is 0 Å². The maximum atomic E-state index is 13.6. The number of fused-ring (bicyclic) bond motifs is 1. The summed E-state index contributed by atoms with van der Waals surface area (Å²) in [6.07, 6.45) is 2.64. The van der Waals surface area contributed by atoms with Gasteiger partial charge in [0.05, 0.1) is 18.7 Å². The van der Waals surface area contributed by atoms with Gasteiger partial charge in [0.2, 0.25) is 5.91 Å². The number of ether oxygens (including phenoxy) is 1. The van der Waals surface area contributed by atoms with E-state index in [1.807, 2.05) is 46.2 Å². The van der Waals surface area contributed by atoms with Crippen LogP contribution < -0.4 is 4.74 Å². The summed E-state index contributed by atoms with van der Waals surface area (Å²) in [6.45, 7) is 10.2. The van der Waals surface area contributed by atoms with Crippen molar-refractivity contribution in [2.75, 3.05) is 32.8 Å². The highest BCUT2D eigenvalue weighted by Crippen LogP contribution is 2.34. The smallest absolute Gasteiger partial charge is 0.237 e. The molecule has 0 spiro atoms. The summed E-state index contributed by atoms with van der Waals surface area (Å²) in [7, 11) is 0. The molecule has 1 aliphatic rings. The highest BCUT2D eigenvalue weighted by atomic mass is 32.1. The first kappa shape index (κ1) is 26.1. The van der Waals surface area contributed by atoms with Gasteiger partial charge in [-0.3, -0.25) is 9.69 Å². The van der Waals surface area contributed by atoms with E-state index < -0.39 is 6.10 Å². The lowest BCUT2D eigenvalue weighted by Crippen LogP contribution is -2.48. The Hall–Kier alpha value is -2.93. The van der Waals surface area contributed by atoms with Gasteiger partial charge in [0.25, 0.3) is 0 Å². The Labute approximate surface area is 218 Å². The van der Waals surface area contributed by atoms with E-state index in [1.54, 1.807) is 17.4 Å². The van der Waals surface area contributed by atoms with Crippen LogP contribution in [0.25, 0.3) is 0 Å². The Bertz CT molecular complexity index is 1160. The van der Waals surface area contributed by atoms with E-state index in [-0.39, 0.29) is 18.5 Å². The van der Waals surface area contributed by atoms with Crippen LogP contribution in [0.15, 0.2) is 72.6 Å². The van der Waals surface area contributed by atoms with Gasteiger partial charge in [-0.1, -0.05) is 54.1 Å². The monoisotopic (exact) mass is 504 g/mol. The van der Waals surface area contributed by atoms with Crippen molar-refractivity contribution in [3.63, 3.8) is 0 Å². The molecule has 1 aromatic heterocycles. The number of thiophene rings is 1. The summed E-state index contributed by atoms with van der Waals surface area (Å²) in [5, 5.41) is 12.8. The third-order valence-electron chi connectivity index (χ3n) is 6.67. The first-order chi connectivity index (χ1) is 17.4. The Kier molecular flexibility index (Phi) is 8.97. The molecule has 0 saturated heterocycles. The number of carbonyl (C=O) groups is 1. The average Bonchev–Trinajstić information content (AvgIpc) is 3.33. The lowest BCUT2D eigenvalue weighted by molar-refractivity contribution is -0.136. The molecule has 2 aromatic carbocycles. The molecule has 3 aromatic rings. The van der Waals surface area contributed by atoms with Crippen LogP contribution in [0.4, 0.5) is 0 Å². The van der Waals surface area contributed by atoms with Crippen molar-refractivity contribution in [3.05, 3.63) is 99.8 Å². The minimum Gasteiger partial charge on any atom is -0.491 e. The predicted molar refractivity (Wildman–Crippen MR) is 147 cm³/mol. The predicted octanol–water partition coefficient (Wildman–Crippen LogP) is 4.96. The molecule has 36 heavy (non-hydrogen) atoms. The first-order valence-corrected chi connectivity index (χ1v) is 13.4. The normalized spacial score (nSPS) is 16.0. The van der Waals surface area contributed by atoms with Gasteiger partial charge in [-0.25, -0.2) is 0 Å². The number of hydrogen-bond acceptors (Lipinski definition) is 5. The second kappa shape index (κ2) is 12.3. The lowest BCUT2D eigenvalue weighted by atomic mass is 10.00. The number of benzene rings is 2. The van der Waals surface area contributed by atoms with E-state index in [9.17, 15) is 9.90 Å². The van der Waals surface area contributed by atoms with Crippen molar-refractivity contribution >= 4 is 17.2 Å². The fourth-order valence-corrected chi connectivity index (χ4v) is 5.85. The van der Waals surface area contributed by atoms with Gasteiger partial charge in [0.1, 0.15) is 12.4 Å². The molecule has 0 bridgehead atoms. The van der Waals surface area contributed by atoms with Crippen LogP contribution in [0, 0.1) is 13.8 Å². The molecule has 1 aliphatic heterocycles. The van der Waals surface area contributed by atoms with Crippen LogP contribution in [-0.4, -0.2) is 59.7 Å². The first-order valence-electron chi connectivity index (χ1n) is 12.6. The van der Waals surface area contributed by atoms with E-state index in [0.717, 1.165) is 23.3 Å². The fraction of sp³-hybridized carbons (Fsp3) is 0.367. The topological polar surface area (TPSA) is 53.0 Å². The number of hydrogen-bond donors (Lipinski definition) is 1. The largest absolute Gasteiger partial charge is 0.491 e. The summed E-state index contributed by atoms with van der Waals surface area (Å²) in [5.74, 6) is 0.905. The zero-order chi connectivity index (χ0) is 25.5. The number of aryl methyl sites for hydroxylation is 2. The van der Waals surface area contributed by atoms with Crippen LogP contribution in [0.3, 0.4) is 0 Å². The van der Waals surface area contributed by atoms with Crippen LogP contribution in [-0.2, 0) is 17.6 Å². The molecule has 6 heteroatoms. The van der Waals surface area contributed by atoms with Crippen molar-refractivity contribution < 1.29 is 14.6 Å². The zero-order valence-electron chi connectivity index (χ0n) is 21.2. The molecule has 0 fully saturated rings. The van der Waals surface area contributed by atoms with E-state index >= 15 is 0 Å². The van der Waals surface area contributed by atoms with E-state index in [1.165, 1.54) is 16.0 Å². The van der Waals surface area contributed by atoms with Crippen molar-refractivity contribution in [1.29, 1.82) is 0 Å². The molecule has 0 aliphatic carbocycles. The number of rotatable bonds is 11. The number of aliphatic hydroxyl groups is 1. The van der Waals surface area contributed by atoms with Crippen LogP contribution in [0.5, 0.6) is 5.75 Å². The van der Waals surface area contributed by atoms with Gasteiger partial charge in [0.15, 0.2) is 0 Å². The van der Waals surface area contributed by atoms with E-state index in [0.29, 0.717) is 32.7 Å². The Morgan fingerprint density at radius 1 is 1.25 bits per heavy atom. The molecule has 5 nitrogen and oxygen atoms in total. The van der Waals surface area contributed by atoms with Crippen LogP contribution >= 0.6 is 11.3 Å². The minimum absolute atomic E-state index is 0.0508. The maximum Gasteiger partial charge on any atom is 0.237 e. The second-order valence-electron chi connectivity index (χ2n) is 9.56. The fourth-order valence-electron chi connectivity index (χ4n) is 4.92. The van der Waals surface area contributed by atoms with Gasteiger partial charge in [0, 0.05) is 24.5 Å². The van der Waals surface area contributed by atoms with Crippen molar-refractivity contribution in [2.45, 2.75) is 38.8 Å². The molecular formula is C30H36N2O3S. The van der Waals surface area contributed by atoms with E-state index in [2.05, 4.69) is 44.0 Å². The Morgan fingerprint density at radius 3 is 2.81 bits per heavy atom. The standard InChI is InChI=1S/C30H36N2O3S/c1-4-14-31(19-25(33)18-24-8-6-5-7-9-24)20-30(34)32-15-12-29-26(13-16-36-29)27(32)21-35-28-11-10-22(2)17-23(28)3/h4-11,13,16-17,25,27,33H,1,12,14-15,18-21H2,2-3H3/t25-,27+/m0/s1. The molecule has 190 valence electrons. The molecule has 0 saturated carbocycles. The molecule has 0 radical (unpaired) electrons. The summed E-state index contributed by atoms with van der Waals surface area (Å²) in [4.78, 5) is 18.9. The molecule has 2 heterocycles. The summed E-state index contributed by atoms with van der Waals surface area (Å²) >= 11 is 1.75. The SMILES string of the molecule is C=CCN(CC(=O)N1CCc2sccc2[C@H]1COc1ccc(C)cc1C)C[C@@H](O)Cc1ccccc1. The third-order valence-corrected chi connectivity index (χ3v) is 7.67. The Morgan fingerprint density at radius 2 is 2.06 bits per heavy atom. The van der Waals surface area contributed by atoms with Gasteiger partial charge in [-0.05, 0) is 60.9 Å². The number of carbonyl (C=O) groups excluding carboxylic acids is 1. The minimum atomic E-state index is -0.561. The molecule has 4 rings (SSSR count). The Balaban J connectivity index is 1.44. The molecule has 1 amide bonds. The van der Waals surface area contributed by atoms with E-state index in [4.69, 9.17) is 4.74 Å². The van der Waals surface area contributed by atoms with Crippen LogP contribution in [0.1, 0.15) is 33.2 Å². The van der Waals surface area contributed by atoms with Crippen molar-refractivity contribution in [3.8, 4) is 5.75 Å². The van der Waals surface area contributed by atoms with Crippen LogP contribution in [0.2, 0.25) is 0 Å². The van der Waals surface area contributed by atoms with Gasteiger partial charge < -0.3 is 14.7 Å². The molecule has 0 unspecified atom stereocenters. The number of nitrogens with zero attached hydrogens (tertiary/aromatic N) is 2. The zero-order valence-corrected chi connectivity index (χ0v) is 22.0. The average molecular weight is 505 g/mol. The van der Waals surface area contributed by atoms with Gasteiger partial charge in [-0.15, -0.1) is 17.9 Å². The molecule has 1 N–H and O–H groups in total. The molecular weight excluding hydrogens is 468 g/mol. The summed E-state index contributed by atoms with van der Waals surface area (Å²) < 4.78 is 6.26.